The first kappa shape index (κ1) is 23.3. The molecule has 1 aromatic carbocycles. The number of benzene rings is 1. The summed E-state index contributed by atoms with van der Waals surface area (Å²) in [5.41, 5.74) is 0.442. The van der Waals surface area contributed by atoms with Crippen LogP contribution in [-0.4, -0.2) is 62.7 Å². The predicted molar refractivity (Wildman–Crippen MR) is 114 cm³/mol. The maximum Gasteiger partial charge on any atom is 0.251 e. The monoisotopic (exact) mass is 425 g/mol. The molecular formula is C21H32ClN3O4. The number of nitrogens with zero attached hydrogens (tertiary/aromatic N) is 1. The van der Waals surface area contributed by atoms with E-state index in [1.54, 1.807) is 12.1 Å². The van der Waals surface area contributed by atoms with Crippen LogP contribution in [0.1, 0.15) is 49.9 Å². The van der Waals surface area contributed by atoms with Crippen molar-refractivity contribution in [2.45, 2.75) is 45.6 Å². The van der Waals surface area contributed by atoms with Gasteiger partial charge in [-0.15, -0.1) is 0 Å². The molecule has 7 nitrogen and oxygen atoms in total. The summed E-state index contributed by atoms with van der Waals surface area (Å²) < 4.78 is 11.0. The molecule has 2 rings (SSSR count). The van der Waals surface area contributed by atoms with Crippen LogP contribution in [0.4, 0.5) is 0 Å². The number of hydrogen-bond donors (Lipinski definition) is 2. The molecule has 0 bridgehead atoms. The second-order valence-electron chi connectivity index (χ2n) is 7.21. The van der Waals surface area contributed by atoms with Gasteiger partial charge in [0.1, 0.15) is 0 Å². The Morgan fingerprint density at radius 2 is 1.93 bits per heavy atom. The van der Waals surface area contributed by atoms with Crippen LogP contribution in [0.25, 0.3) is 0 Å². The molecule has 0 aliphatic carbocycles. The molecule has 0 saturated carbocycles. The van der Waals surface area contributed by atoms with Crippen molar-refractivity contribution in [3.63, 3.8) is 0 Å². The highest BCUT2D eigenvalue weighted by molar-refractivity contribution is 6.32. The number of nitrogens with one attached hydrogen (secondary N) is 2. The van der Waals surface area contributed by atoms with Crippen molar-refractivity contribution in [2.75, 3.05) is 39.9 Å². The minimum absolute atomic E-state index is 0.0569. The normalized spacial score (nSPS) is 15.0. The topological polar surface area (TPSA) is 79.9 Å². The van der Waals surface area contributed by atoms with Crippen molar-refractivity contribution in [3.05, 3.63) is 22.7 Å². The predicted octanol–water partition coefficient (Wildman–Crippen LogP) is 2.86. The molecule has 1 fully saturated rings. The molecule has 0 unspecified atom stereocenters. The van der Waals surface area contributed by atoms with E-state index in [1.165, 1.54) is 7.11 Å². The Bertz CT molecular complexity index is 691. The number of rotatable bonds is 10. The lowest BCUT2D eigenvalue weighted by molar-refractivity contribution is -0.122. The third kappa shape index (κ3) is 7.08. The quantitative estimate of drug-likeness (QED) is 0.602. The Labute approximate surface area is 178 Å². The van der Waals surface area contributed by atoms with Gasteiger partial charge < -0.3 is 20.1 Å². The van der Waals surface area contributed by atoms with E-state index in [1.807, 2.05) is 13.8 Å². The summed E-state index contributed by atoms with van der Waals surface area (Å²) in [5, 5.41) is 6.31. The zero-order valence-corrected chi connectivity index (χ0v) is 18.3. The van der Waals surface area contributed by atoms with Gasteiger partial charge >= 0.3 is 0 Å². The van der Waals surface area contributed by atoms with E-state index >= 15 is 0 Å². The lowest BCUT2D eigenvalue weighted by atomic mass is 10.0. The Balaban J connectivity index is 1.89. The number of piperidine rings is 1. The molecule has 0 aromatic heterocycles. The Morgan fingerprint density at radius 1 is 1.21 bits per heavy atom. The van der Waals surface area contributed by atoms with E-state index in [-0.39, 0.29) is 17.9 Å². The summed E-state index contributed by atoms with van der Waals surface area (Å²) in [4.78, 5) is 26.7. The number of carbonyl (C=O) groups is 2. The zero-order valence-electron chi connectivity index (χ0n) is 17.6. The SMILES string of the molecule is CCCNC(=O)CN1CCC(NC(=O)c2cc(Cl)c(OCCC)c(OC)c2)CC1. The first-order chi connectivity index (χ1) is 14.0. The summed E-state index contributed by atoms with van der Waals surface area (Å²) in [6.45, 7) is 7.23. The molecule has 1 aromatic rings. The summed E-state index contributed by atoms with van der Waals surface area (Å²) >= 11 is 6.31. The van der Waals surface area contributed by atoms with Gasteiger partial charge in [-0.05, 0) is 37.8 Å². The van der Waals surface area contributed by atoms with Gasteiger partial charge in [0.15, 0.2) is 11.5 Å². The fraction of sp³-hybridized carbons (Fsp3) is 0.619. The third-order valence-corrected chi connectivity index (χ3v) is 5.09. The molecule has 1 saturated heterocycles. The molecule has 0 spiro atoms. The van der Waals surface area contributed by atoms with Crippen LogP contribution >= 0.6 is 11.6 Å². The Hall–Kier alpha value is -1.99. The lowest BCUT2D eigenvalue weighted by Crippen LogP contribution is -2.47. The van der Waals surface area contributed by atoms with Crippen LogP contribution in [0.3, 0.4) is 0 Å². The van der Waals surface area contributed by atoms with E-state index in [2.05, 4.69) is 15.5 Å². The molecule has 0 radical (unpaired) electrons. The minimum atomic E-state index is -0.189. The number of methoxy groups -OCH3 is 1. The van der Waals surface area contributed by atoms with Gasteiger partial charge in [0, 0.05) is 31.2 Å². The van der Waals surface area contributed by atoms with E-state index < -0.39 is 0 Å². The molecule has 0 atom stereocenters. The third-order valence-electron chi connectivity index (χ3n) is 4.80. The van der Waals surface area contributed by atoms with Crippen LogP contribution in [0.2, 0.25) is 5.02 Å². The molecular weight excluding hydrogens is 394 g/mol. The largest absolute Gasteiger partial charge is 0.493 e. The minimum Gasteiger partial charge on any atom is -0.493 e. The van der Waals surface area contributed by atoms with E-state index in [4.69, 9.17) is 21.1 Å². The van der Waals surface area contributed by atoms with Crippen LogP contribution < -0.4 is 20.1 Å². The van der Waals surface area contributed by atoms with Gasteiger partial charge in [0.05, 0.1) is 25.3 Å². The van der Waals surface area contributed by atoms with Gasteiger partial charge in [-0.2, -0.15) is 0 Å². The summed E-state index contributed by atoms with van der Waals surface area (Å²) in [5.74, 6) is 0.777. The van der Waals surface area contributed by atoms with Crippen molar-refractivity contribution in [3.8, 4) is 11.5 Å². The highest BCUT2D eigenvalue weighted by Crippen LogP contribution is 2.36. The first-order valence-electron chi connectivity index (χ1n) is 10.3. The van der Waals surface area contributed by atoms with Crippen molar-refractivity contribution < 1.29 is 19.1 Å². The maximum absolute atomic E-state index is 12.7. The number of amides is 2. The fourth-order valence-corrected chi connectivity index (χ4v) is 3.49. The van der Waals surface area contributed by atoms with Crippen LogP contribution in [-0.2, 0) is 4.79 Å². The molecule has 1 aliphatic heterocycles. The van der Waals surface area contributed by atoms with Gasteiger partial charge in [0.2, 0.25) is 5.91 Å². The molecule has 2 N–H and O–H groups in total. The number of likely N-dealkylation sites (tertiary alicyclic amines) is 1. The van der Waals surface area contributed by atoms with Gasteiger partial charge in [-0.25, -0.2) is 0 Å². The second-order valence-corrected chi connectivity index (χ2v) is 7.62. The Morgan fingerprint density at radius 3 is 2.55 bits per heavy atom. The average Bonchev–Trinajstić information content (AvgIpc) is 2.72. The van der Waals surface area contributed by atoms with Gasteiger partial charge in [-0.3, -0.25) is 14.5 Å². The lowest BCUT2D eigenvalue weighted by Gasteiger charge is -2.31. The van der Waals surface area contributed by atoms with Crippen LogP contribution in [0, 0.1) is 0 Å². The van der Waals surface area contributed by atoms with Crippen molar-refractivity contribution >= 4 is 23.4 Å². The van der Waals surface area contributed by atoms with Crippen molar-refractivity contribution in [1.82, 2.24) is 15.5 Å². The molecule has 2 amide bonds. The molecule has 29 heavy (non-hydrogen) atoms. The number of hydrogen-bond acceptors (Lipinski definition) is 5. The van der Waals surface area contributed by atoms with Gasteiger partial charge in [-0.1, -0.05) is 25.4 Å². The van der Waals surface area contributed by atoms with E-state index in [0.29, 0.717) is 41.8 Å². The zero-order chi connectivity index (χ0) is 21.2. The van der Waals surface area contributed by atoms with E-state index in [0.717, 1.165) is 38.8 Å². The first-order valence-corrected chi connectivity index (χ1v) is 10.7. The highest BCUT2D eigenvalue weighted by Gasteiger charge is 2.23. The highest BCUT2D eigenvalue weighted by atomic mass is 35.5. The standard InChI is InChI=1S/C21H32ClN3O4/c1-4-8-23-19(26)14-25-9-6-16(7-10-25)24-21(27)15-12-17(22)20(29-11-5-2)18(13-15)28-3/h12-13,16H,4-11,14H2,1-3H3,(H,23,26)(H,24,27). The van der Waals surface area contributed by atoms with Gasteiger partial charge in [0.25, 0.3) is 5.91 Å². The Kier molecular flexibility index (Phi) is 9.54. The number of ether oxygens (including phenoxy) is 2. The summed E-state index contributed by atoms with van der Waals surface area (Å²) in [6.07, 6.45) is 3.38. The van der Waals surface area contributed by atoms with Crippen molar-refractivity contribution in [1.29, 1.82) is 0 Å². The molecule has 1 aliphatic rings. The molecule has 162 valence electrons. The molecule has 1 heterocycles. The van der Waals surface area contributed by atoms with Crippen LogP contribution in [0.15, 0.2) is 12.1 Å². The van der Waals surface area contributed by atoms with Crippen molar-refractivity contribution in [2.24, 2.45) is 0 Å². The molecule has 8 heteroatoms. The smallest absolute Gasteiger partial charge is 0.251 e. The van der Waals surface area contributed by atoms with E-state index in [9.17, 15) is 9.59 Å². The summed E-state index contributed by atoms with van der Waals surface area (Å²) in [7, 11) is 1.53. The second kappa shape index (κ2) is 11.9. The summed E-state index contributed by atoms with van der Waals surface area (Å²) in [6, 6.07) is 3.33. The number of halogens is 1. The average molecular weight is 426 g/mol. The van der Waals surface area contributed by atoms with Crippen LogP contribution in [0.5, 0.6) is 11.5 Å². The fourth-order valence-electron chi connectivity index (χ4n) is 3.22. The number of carbonyl (C=O) groups excluding carboxylic acids is 2. The maximum atomic E-state index is 12.7.